The summed E-state index contributed by atoms with van der Waals surface area (Å²) in [5.41, 5.74) is 50.8. The van der Waals surface area contributed by atoms with Gasteiger partial charge in [-0.15, -0.1) is 0 Å². The fourth-order valence-corrected chi connectivity index (χ4v) is 10.1. The first kappa shape index (κ1) is 66.0. The molecular formula is C48H83N23O12. The number of carboxylic acid groups (broad SMARTS) is 1. The van der Waals surface area contributed by atoms with E-state index in [0.29, 0.717) is 45.3 Å². The molecule has 3 saturated heterocycles. The maximum absolute atomic E-state index is 14.5. The van der Waals surface area contributed by atoms with Crippen LogP contribution in [-0.4, -0.2) is 240 Å². The minimum absolute atomic E-state index is 0.0295. The van der Waals surface area contributed by atoms with Crippen LogP contribution in [0.4, 0.5) is 5.82 Å². The standard InChI is InChI=1S/C48H83N23O12/c49-25(45(81)82)12-20-68(21-32-34(73)35(74)44(83-32)71-24-63-33-36(50)61-23-62-38(33)71)16-6-18-69-17-4-11-31(69)43(80)70-19-5-10-30(70)42(79)66-28(9-3-15-60-48(56)57)40(77)64-26(7-1-13-58-46(52)53)39(76)65-27(8-2-14-59-47(54)55)41(78)67-29(22-72)37(51)75/h23-32,34-35,44,72-74H,1-22,49H2,(H2,51,75)(H,64,77)(H,65,76)(H,66,79)(H,67,78)(H,81,82)(H2,50,61,62)(H4,52,53,58)(H4,54,55,59)(H4,56,57,60)/t25-,26-,27-,28-,29-,30-,31-,32+,34+,35+,44+/m0/s1. The number of carbonyl (C=O) groups excluding carboxylic acids is 6. The van der Waals surface area contributed by atoms with Crippen LogP contribution in [0.5, 0.6) is 0 Å². The fourth-order valence-electron chi connectivity index (χ4n) is 10.1. The van der Waals surface area contributed by atoms with Crippen molar-refractivity contribution in [3.05, 3.63) is 12.7 Å². The quantitative estimate of drug-likeness (QED) is 0.0176. The third-order valence-corrected chi connectivity index (χ3v) is 14.5. The molecule has 0 radical (unpaired) electrons. The van der Waals surface area contributed by atoms with Crippen LogP contribution in [0, 0.1) is 0 Å². The van der Waals surface area contributed by atoms with Gasteiger partial charge in [-0.3, -0.25) is 58.0 Å². The van der Waals surface area contributed by atoms with Gasteiger partial charge in [0.15, 0.2) is 35.6 Å². The highest BCUT2D eigenvalue weighted by Crippen LogP contribution is 2.33. The smallest absolute Gasteiger partial charge is 0.320 e. The number of aliphatic hydroxyl groups is 3. The number of guanidine groups is 3. The number of nitrogens with two attached hydrogens (primary N) is 9. The van der Waals surface area contributed by atoms with E-state index < -0.39 is 109 Å². The number of aliphatic hydroxyl groups excluding tert-OH is 3. The molecule has 35 heteroatoms. The average Bonchev–Trinajstić information content (AvgIpc) is 3.15. The number of likely N-dealkylation sites (tertiary alicyclic amines) is 2. The Morgan fingerprint density at radius 1 is 0.699 bits per heavy atom. The Balaban J connectivity index is 1.27. The number of rotatable bonds is 34. The highest BCUT2D eigenvalue weighted by Gasteiger charge is 2.46. The monoisotopic (exact) mass is 1170 g/mol. The van der Waals surface area contributed by atoms with Gasteiger partial charge >= 0.3 is 5.97 Å². The number of carboxylic acids is 1. The van der Waals surface area contributed by atoms with Crippen molar-refractivity contribution < 1.29 is 58.7 Å². The van der Waals surface area contributed by atoms with Crippen LogP contribution in [0.15, 0.2) is 27.6 Å². The molecule has 0 aromatic carbocycles. The number of anilines is 1. The minimum atomic E-state index is -1.49. The highest BCUT2D eigenvalue weighted by atomic mass is 16.6. The Hall–Kier alpha value is -7.83. The number of aromatic nitrogens is 4. The second-order valence-corrected chi connectivity index (χ2v) is 20.6. The minimum Gasteiger partial charge on any atom is -0.480 e. The van der Waals surface area contributed by atoms with E-state index in [1.54, 1.807) is 0 Å². The number of aliphatic carboxylic acids is 1. The SMILES string of the molecule is NC(=O)[C@H](CO)NC(=O)[C@H](CCCN=C(N)N)NC(=O)[C@H](CCCN=C(N)N)NC(=O)[C@H](CCCN=C(N)N)NC(=O)[C@@H]1CCCN1C(=O)[C@@H]1CCCN1CCCN(CC[C@H](N)C(=O)O)C[C@H]1O[C@@H](n2cnc3c(N)ncnc32)[C@H](O)[C@@H]1O. The third kappa shape index (κ3) is 19.4. The van der Waals surface area contributed by atoms with Crippen LogP contribution >= 0.6 is 0 Å². The van der Waals surface area contributed by atoms with Gasteiger partial charge < -0.3 is 108 Å². The molecule has 6 amide bonds. The number of ether oxygens (including phenoxy) is 1. The first-order valence-electron chi connectivity index (χ1n) is 27.5. The summed E-state index contributed by atoms with van der Waals surface area (Å²) in [6.45, 7) is 1.19. The average molecular weight is 1170 g/mol. The number of fused-ring (bicyclic) bond motifs is 1. The summed E-state index contributed by atoms with van der Waals surface area (Å²) in [5, 5.41) is 52.0. The number of nitrogens with zero attached hydrogens (tertiary/aromatic N) is 10. The highest BCUT2D eigenvalue weighted by molar-refractivity contribution is 5.97. The van der Waals surface area contributed by atoms with Crippen molar-refractivity contribution in [1.82, 2.24) is 55.5 Å². The third-order valence-electron chi connectivity index (χ3n) is 14.5. The Kier molecular flexibility index (Phi) is 25.5. The molecular weight excluding hydrogens is 1090 g/mol. The number of amides is 6. The van der Waals surface area contributed by atoms with Crippen molar-refractivity contribution in [1.29, 1.82) is 0 Å². The first-order chi connectivity index (χ1) is 39.5. The number of nitrogen functional groups attached to an aromatic ring is 1. The number of carbonyl (C=O) groups is 7. The van der Waals surface area contributed by atoms with Crippen LogP contribution in [0.3, 0.4) is 0 Å². The van der Waals surface area contributed by atoms with Crippen molar-refractivity contribution in [2.45, 2.75) is 144 Å². The van der Waals surface area contributed by atoms with Crippen LogP contribution in [-0.2, 0) is 38.3 Å². The lowest BCUT2D eigenvalue weighted by molar-refractivity contribution is -0.142. The molecule has 3 fully saturated rings. The Morgan fingerprint density at radius 2 is 1.24 bits per heavy atom. The summed E-state index contributed by atoms with van der Waals surface area (Å²) in [4.78, 5) is 124. The van der Waals surface area contributed by atoms with Gasteiger partial charge in [0.25, 0.3) is 0 Å². The van der Waals surface area contributed by atoms with E-state index in [0.717, 1.165) is 0 Å². The van der Waals surface area contributed by atoms with Crippen molar-refractivity contribution >= 4 is 76.3 Å². The fraction of sp³-hybridized carbons (Fsp3) is 0.688. The zero-order valence-electron chi connectivity index (χ0n) is 46.3. The van der Waals surface area contributed by atoms with Gasteiger partial charge in [-0.1, -0.05) is 0 Å². The van der Waals surface area contributed by atoms with Gasteiger partial charge in [0, 0.05) is 45.8 Å². The lowest BCUT2D eigenvalue weighted by Gasteiger charge is -2.32. The van der Waals surface area contributed by atoms with E-state index in [-0.39, 0.29) is 131 Å². The largest absolute Gasteiger partial charge is 0.480 e. The number of hydrogen-bond acceptors (Lipinski definition) is 21. The number of aliphatic imine (C=N–C) groups is 3. The van der Waals surface area contributed by atoms with Crippen molar-refractivity contribution in [2.24, 2.45) is 60.8 Å². The predicted molar refractivity (Wildman–Crippen MR) is 300 cm³/mol. The first-order valence-corrected chi connectivity index (χ1v) is 27.5. The molecule has 3 aliphatic rings. The summed E-state index contributed by atoms with van der Waals surface area (Å²) in [6.07, 6.45) is 0.617. The van der Waals surface area contributed by atoms with Gasteiger partial charge in [0.2, 0.25) is 35.4 Å². The summed E-state index contributed by atoms with van der Waals surface area (Å²) >= 11 is 0. The molecule has 0 aliphatic carbocycles. The molecule has 83 heavy (non-hydrogen) atoms. The van der Waals surface area contributed by atoms with Crippen molar-refractivity contribution in [2.75, 3.05) is 71.2 Å². The number of primary amides is 1. The topological polar surface area (TPSA) is 582 Å². The second kappa shape index (κ2) is 32.1. The van der Waals surface area contributed by atoms with Gasteiger partial charge in [0.05, 0.1) is 19.0 Å². The van der Waals surface area contributed by atoms with Gasteiger partial charge in [-0.25, -0.2) is 15.0 Å². The maximum Gasteiger partial charge on any atom is 0.320 e. The molecule has 2 aromatic rings. The molecule has 35 nitrogen and oxygen atoms in total. The number of hydrogen-bond donors (Lipinski definition) is 17. The molecule has 0 bridgehead atoms. The predicted octanol–water partition coefficient (Wildman–Crippen LogP) is -8.45. The second-order valence-electron chi connectivity index (χ2n) is 20.6. The molecule has 3 aliphatic heterocycles. The normalized spacial score (nSPS) is 21.5. The zero-order chi connectivity index (χ0) is 60.9. The van der Waals surface area contributed by atoms with Crippen molar-refractivity contribution in [3.63, 3.8) is 0 Å². The summed E-state index contributed by atoms with van der Waals surface area (Å²) in [5.74, 6) is -6.20. The van der Waals surface area contributed by atoms with E-state index in [1.165, 1.54) is 22.1 Å². The van der Waals surface area contributed by atoms with Gasteiger partial charge in [0.1, 0.15) is 66.4 Å². The van der Waals surface area contributed by atoms with Crippen LogP contribution in [0.2, 0.25) is 0 Å². The summed E-state index contributed by atoms with van der Waals surface area (Å²) in [6, 6.07) is -8.27. The molecule has 5 rings (SSSR count). The summed E-state index contributed by atoms with van der Waals surface area (Å²) < 4.78 is 7.65. The van der Waals surface area contributed by atoms with E-state index in [4.69, 9.17) is 56.3 Å². The molecule has 2 aromatic heterocycles. The van der Waals surface area contributed by atoms with Gasteiger partial charge in [-0.2, -0.15) is 0 Å². The Labute approximate surface area is 478 Å². The van der Waals surface area contributed by atoms with Gasteiger partial charge in [-0.05, 0) is 90.1 Å². The summed E-state index contributed by atoms with van der Waals surface area (Å²) in [7, 11) is 0. The van der Waals surface area contributed by atoms with Crippen molar-refractivity contribution in [3.8, 4) is 0 Å². The molecule has 26 N–H and O–H groups in total. The molecule has 11 atom stereocenters. The Bertz CT molecular complexity index is 2610. The molecule has 5 heterocycles. The lowest BCUT2D eigenvalue weighted by atomic mass is 10.0. The molecule has 462 valence electrons. The number of nitrogens with one attached hydrogen (secondary N) is 4. The molecule has 0 unspecified atom stereocenters. The van der Waals surface area contributed by atoms with Crippen LogP contribution in [0.1, 0.15) is 83.3 Å². The van der Waals surface area contributed by atoms with E-state index in [9.17, 15) is 54.0 Å². The molecule has 0 saturated carbocycles. The van der Waals surface area contributed by atoms with E-state index in [1.807, 2.05) is 9.80 Å². The van der Waals surface area contributed by atoms with E-state index >= 15 is 0 Å². The Morgan fingerprint density at radius 3 is 1.78 bits per heavy atom. The maximum atomic E-state index is 14.5. The zero-order valence-corrected chi connectivity index (χ0v) is 46.3. The van der Waals surface area contributed by atoms with Crippen LogP contribution < -0.4 is 72.9 Å². The number of imidazole rings is 1. The molecule has 0 spiro atoms. The lowest BCUT2D eigenvalue weighted by Crippen LogP contribution is -2.59. The van der Waals surface area contributed by atoms with Crippen LogP contribution in [0.25, 0.3) is 11.2 Å². The van der Waals surface area contributed by atoms with E-state index in [2.05, 4.69) is 51.2 Å².